The van der Waals surface area contributed by atoms with E-state index in [1.54, 1.807) is 19.2 Å². The largest absolute Gasteiger partial charge is 0.508 e. The molecule has 0 aromatic heterocycles. The Balaban J connectivity index is 2.93. The molecule has 0 fully saturated rings. The van der Waals surface area contributed by atoms with E-state index in [4.69, 9.17) is 10.5 Å². The Hall–Kier alpha value is -1.22. The molecule has 78 valence electrons. The number of methoxy groups -OCH3 is 1. The van der Waals surface area contributed by atoms with E-state index in [9.17, 15) is 5.11 Å². The first-order valence-electron chi connectivity index (χ1n) is 4.76. The molecular formula is C11H17NO2. The number of hydrogen-bond acceptors (Lipinski definition) is 3. The Labute approximate surface area is 84.5 Å². The molecule has 1 unspecified atom stereocenters. The molecule has 0 saturated heterocycles. The fourth-order valence-electron chi connectivity index (χ4n) is 1.46. The lowest BCUT2D eigenvalue weighted by Gasteiger charge is -2.13. The van der Waals surface area contributed by atoms with E-state index in [2.05, 4.69) is 0 Å². The lowest BCUT2D eigenvalue weighted by atomic mass is 9.97. The third-order valence-corrected chi connectivity index (χ3v) is 2.37. The van der Waals surface area contributed by atoms with Crippen molar-refractivity contribution in [1.29, 1.82) is 0 Å². The smallest absolute Gasteiger partial charge is 0.119 e. The maximum absolute atomic E-state index is 9.63. The number of hydrogen-bond donors (Lipinski definition) is 2. The van der Waals surface area contributed by atoms with Gasteiger partial charge in [0.05, 0.1) is 7.11 Å². The Morgan fingerprint density at radius 3 is 2.79 bits per heavy atom. The fourth-order valence-corrected chi connectivity index (χ4v) is 1.46. The molecule has 0 aliphatic heterocycles. The second-order valence-electron chi connectivity index (χ2n) is 3.40. The Kier molecular flexibility index (Phi) is 3.77. The van der Waals surface area contributed by atoms with E-state index in [0.29, 0.717) is 12.3 Å². The van der Waals surface area contributed by atoms with E-state index < -0.39 is 0 Å². The molecule has 1 rings (SSSR count). The van der Waals surface area contributed by atoms with Crippen LogP contribution in [0, 0.1) is 0 Å². The highest BCUT2D eigenvalue weighted by molar-refractivity contribution is 5.41. The van der Waals surface area contributed by atoms with E-state index in [1.807, 2.05) is 13.0 Å². The molecule has 3 N–H and O–H groups in total. The lowest BCUT2D eigenvalue weighted by molar-refractivity contribution is 0.409. The van der Waals surface area contributed by atoms with Crippen molar-refractivity contribution in [2.75, 3.05) is 13.7 Å². The van der Waals surface area contributed by atoms with Gasteiger partial charge in [-0.3, -0.25) is 0 Å². The van der Waals surface area contributed by atoms with Crippen molar-refractivity contribution in [2.24, 2.45) is 5.73 Å². The molecule has 3 nitrogen and oxygen atoms in total. The third kappa shape index (κ3) is 2.39. The lowest BCUT2D eigenvalue weighted by Crippen LogP contribution is -2.04. The molecule has 1 aromatic rings. The molecule has 0 bridgehead atoms. The average molecular weight is 195 g/mol. The Morgan fingerprint density at radius 2 is 2.21 bits per heavy atom. The van der Waals surface area contributed by atoms with E-state index in [-0.39, 0.29) is 5.92 Å². The van der Waals surface area contributed by atoms with Gasteiger partial charge in [0.15, 0.2) is 0 Å². The van der Waals surface area contributed by atoms with E-state index >= 15 is 0 Å². The van der Waals surface area contributed by atoms with Gasteiger partial charge in [-0.05, 0) is 37.1 Å². The van der Waals surface area contributed by atoms with Crippen LogP contribution in [0.4, 0.5) is 0 Å². The van der Waals surface area contributed by atoms with Crippen molar-refractivity contribution >= 4 is 0 Å². The van der Waals surface area contributed by atoms with Crippen molar-refractivity contribution in [3.05, 3.63) is 23.8 Å². The second kappa shape index (κ2) is 4.86. The van der Waals surface area contributed by atoms with Gasteiger partial charge in [-0.15, -0.1) is 0 Å². The van der Waals surface area contributed by atoms with Gasteiger partial charge in [-0.25, -0.2) is 0 Å². The number of phenols is 1. The molecule has 1 atom stereocenters. The van der Waals surface area contributed by atoms with Crippen LogP contribution in [0.15, 0.2) is 18.2 Å². The molecule has 0 aliphatic rings. The molecule has 0 spiro atoms. The summed E-state index contributed by atoms with van der Waals surface area (Å²) in [5, 5.41) is 9.63. The van der Waals surface area contributed by atoms with Gasteiger partial charge in [0.2, 0.25) is 0 Å². The SMILES string of the molecule is COc1ccc(O)c(C(C)CCN)c1. The predicted molar refractivity (Wildman–Crippen MR) is 56.7 cm³/mol. The summed E-state index contributed by atoms with van der Waals surface area (Å²) in [6, 6.07) is 5.25. The summed E-state index contributed by atoms with van der Waals surface area (Å²) >= 11 is 0. The van der Waals surface area contributed by atoms with Crippen LogP contribution < -0.4 is 10.5 Å². The monoisotopic (exact) mass is 195 g/mol. The number of benzene rings is 1. The van der Waals surface area contributed by atoms with Crippen molar-refractivity contribution < 1.29 is 9.84 Å². The van der Waals surface area contributed by atoms with E-state index in [0.717, 1.165) is 17.7 Å². The molecule has 0 heterocycles. The summed E-state index contributed by atoms with van der Waals surface area (Å²) in [6.45, 7) is 2.67. The zero-order valence-corrected chi connectivity index (χ0v) is 8.66. The van der Waals surface area contributed by atoms with Crippen LogP contribution in [0.3, 0.4) is 0 Å². The number of aromatic hydroxyl groups is 1. The van der Waals surface area contributed by atoms with Crippen LogP contribution >= 0.6 is 0 Å². The normalized spacial score (nSPS) is 12.5. The van der Waals surface area contributed by atoms with Crippen LogP contribution in [-0.2, 0) is 0 Å². The minimum absolute atomic E-state index is 0.259. The van der Waals surface area contributed by atoms with Crippen molar-refractivity contribution in [1.82, 2.24) is 0 Å². The molecule has 0 aliphatic carbocycles. The Morgan fingerprint density at radius 1 is 1.50 bits per heavy atom. The van der Waals surface area contributed by atoms with E-state index in [1.165, 1.54) is 0 Å². The molecule has 1 aromatic carbocycles. The Bertz CT molecular complexity index is 299. The summed E-state index contributed by atoms with van der Waals surface area (Å²) in [7, 11) is 1.61. The average Bonchev–Trinajstić information content (AvgIpc) is 2.19. The van der Waals surface area contributed by atoms with Gasteiger partial charge in [0, 0.05) is 5.56 Å². The molecule has 0 amide bonds. The first-order chi connectivity index (χ1) is 6.69. The summed E-state index contributed by atoms with van der Waals surface area (Å²) in [5.41, 5.74) is 6.37. The summed E-state index contributed by atoms with van der Waals surface area (Å²) in [4.78, 5) is 0. The first kappa shape index (κ1) is 10.9. The van der Waals surface area contributed by atoms with Gasteiger partial charge >= 0.3 is 0 Å². The summed E-state index contributed by atoms with van der Waals surface area (Å²) in [6.07, 6.45) is 0.862. The maximum atomic E-state index is 9.63. The number of rotatable bonds is 4. The van der Waals surface area contributed by atoms with Crippen LogP contribution in [0.2, 0.25) is 0 Å². The quantitative estimate of drug-likeness (QED) is 0.771. The second-order valence-corrected chi connectivity index (χ2v) is 3.40. The highest BCUT2D eigenvalue weighted by Crippen LogP contribution is 2.30. The van der Waals surface area contributed by atoms with Gasteiger partial charge in [-0.1, -0.05) is 6.92 Å². The molecular weight excluding hydrogens is 178 g/mol. The van der Waals surface area contributed by atoms with Crippen LogP contribution in [0.1, 0.15) is 24.8 Å². The molecule has 3 heteroatoms. The number of nitrogens with two attached hydrogens (primary N) is 1. The van der Waals surface area contributed by atoms with Gasteiger partial charge in [-0.2, -0.15) is 0 Å². The minimum Gasteiger partial charge on any atom is -0.508 e. The van der Waals surface area contributed by atoms with Crippen molar-refractivity contribution in [3.8, 4) is 11.5 Å². The molecule has 0 radical (unpaired) electrons. The zero-order chi connectivity index (χ0) is 10.6. The summed E-state index contributed by atoms with van der Waals surface area (Å²) in [5.74, 6) is 1.34. The minimum atomic E-state index is 0.259. The molecule has 14 heavy (non-hydrogen) atoms. The highest BCUT2D eigenvalue weighted by Gasteiger charge is 2.10. The standard InChI is InChI=1S/C11H17NO2/c1-8(5-6-12)10-7-9(14-2)3-4-11(10)13/h3-4,7-8,13H,5-6,12H2,1-2H3. The predicted octanol–water partition coefficient (Wildman–Crippen LogP) is 1.85. The maximum Gasteiger partial charge on any atom is 0.119 e. The van der Waals surface area contributed by atoms with Gasteiger partial charge in [0.25, 0.3) is 0 Å². The first-order valence-corrected chi connectivity index (χ1v) is 4.76. The third-order valence-electron chi connectivity index (χ3n) is 2.37. The van der Waals surface area contributed by atoms with Crippen molar-refractivity contribution in [2.45, 2.75) is 19.3 Å². The number of ether oxygens (including phenoxy) is 1. The topological polar surface area (TPSA) is 55.5 Å². The summed E-state index contributed by atoms with van der Waals surface area (Å²) < 4.78 is 5.10. The van der Waals surface area contributed by atoms with Gasteiger partial charge in [0.1, 0.15) is 11.5 Å². The van der Waals surface area contributed by atoms with Crippen LogP contribution in [0.5, 0.6) is 11.5 Å². The number of phenolic OH excluding ortho intramolecular Hbond substituents is 1. The van der Waals surface area contributed by atoms with Crippen LogP contribution in [0.25, 0.3) is 0 Å². The van der Waals surface area contributed by atoms with Crippen LogP contribution in [-0.4, -0.2) is 18.8 Å². The highest BCUT2D eigenvalue weighted by atomic mass is 16.5. The van der Waals surface area contributed by atoms with Crippen molar-refractivity contribution in [3.63, 3.8) is 0 Å². The zero-order valence-electron chi connectivity index (χ0n) is 8.66. The van der Waals surface area contributed by atoms with Gasteiger partial charge < -0.3 is 15.6 Å². The fraction of sp³-hybridized carbons (Fsp3) is 0.455. The molecule has 0 saturated carbocycles.